The maximum absolute atomic E-state index is 13.7. The minimum absolute atomic E-state index is 0.00557. The van der Waals surface area contributed by atoms with Crippen LogP contribution in [0.15, 0.2) is 47.4 Å². The van der Waals surface area contributed by atoms with Gasteiger partial charge in [0.05, 0.1) is 23.3 Å². The number of nitrogens with one attached hydrogen (secondary N) is 1. The standard InChI is InChI=1S/C28H36F2N2O4S/c1-3-19-16-32(23-11-13-28(29,30)14-12-23)17-22-15-21(7-10-25(19)22)27(34)31-26(18-33)20-5-8-24(9-6-20)37(35,36)4-2/h5-10,15,19,23,26,33H,3-4,11-14,16-18H2,1-2H3,(H,31,34)/t19-,26?/m0/s1. The number of hydrogen-bond donors (Lipinski definition) is 2. The average molecular weight is 535 g/mol. The zero-order valence-electron chi connectivity index (χ0n) is 21.4. The molecule has 6 nitrogen and oxygen atoms in total. The number of aliphatic hydroxyl groups excluding tert-OH is 1. The van der Waals surface area contributed by atoms with Crippen molar-refractivity contribution < 1.29 is 27.1 Å². The number of halogens is 2. The normalized spacial score (nSPS) is 21.3. The van der Waals surface area contributed by atoms with Gasteiger partial charge in [-0.3, -0.25) is 9.69 Å². The maximum atomic E-state index is 13.7. The summed E-state index contributed by atoms with van der Waals surface area (Å²) in [7, 11) is -3.34. The van der Waals surface area contributed by atoms with Crippen molar-refractivity contribution in [3.05, 3.63) is 64.7 Å². The highest BCUT2D eigenvalue weighted by atomic mass is 32.2. The van der Waals surface area contributed by atoms with Crippen LogP contribution in [-0.4, -0.2) is 55.2 Å². The van der Waals surface area contributed by atoms with Gasteiger partial charge in [-0.25, -0.2) is 17.2 Å². The second-order valence-corrected chi connectivity index (χ2v) is 12.5. The number of rotatable bonds is 8. The number of aliphatic hydroxyl groups is 1. The van der Waals surface area contributed by atoms with E-state index in [0.29, 0.717) is 30.5 Å². The lowest BCUT2D eigenvalue weighted by Gasteiger charge is -2.42. The van der Waals surface area contributed by atoms with Crippen molar-refractivity contribution in [3.63, 3.8) is 0 Å². The third kappa shape index (κ3) is 6.21. The van der Waals surface area contributed by atoms with Gasteiger partial charge in [0.25, 0.3) is 5.91 Å². The molecule has 2 N–H and O–H groups in total. The van der Waals surface area contributed by atoms with E-state index in [1.54, 1.807) is 25.1 Å². The molecule has 1 heterocycles. The Balaban J connectivity index is 1.49. The first-order valence-electron chi connectivity index (χ1n) is 13.1. The molecule has 0 saturated heterocycles. The Hall–Kier alpha value is -2.36. The van der Waals surface area contributed by atoms with Gasteiger partial charge in [-0.05, 0) is 66.1 Å². The number of carbonyl (C=O) groups excluding carboxylic acids is 1. The fourth-order valence-corrected chi connectivity index (χ4v) is 6.40. The molecule has 1 fully saturated rings. The third-order valence-corrected chi connectivity index (χ3v) is 9.63. The quantitative estimate of drug-likeness (QED) is 0.507. The first-order valence-corrected chi connectivity index (χ1v) is 14.7. The van der Waals surface area contributed by atoms with E-state index in [2.05, 4.69) is 17.1 Å². The lowest BCUT2D eigenvalue weighted by Crippen LogP contribution is -2.44. The molecule has 1 amide bonds. The van der Waals surface area contributed by atoms with E-state index in [0.717, 1.165) is 18.5 Å². The van der Waals surface area contributed by atoms with E-state index in [4.69, 9.17) is 0 Å². The molecule has 37 heavy (non-hydrogen) atoms. The fourth-order valence-electron chi connectivity index (χ4n) is 5.51. The van der Waals surface area contributed by atoms with Gasteiger partial charge in [0, 0.05) is 37.5 Å². The van der Waals surface area contributed by atoms with Crippen LogP contribution in [0.25, 0.3) is 0 Å². The first-order chi connectivity index (χ1) is 17.6. The van der Waals surface area contributed by atoms with Crippen LogP contribution < -0.4 is 5.32 Å². The molecule has 2 aromatic rings. The van der Waals surface area contributed by atoms with Gasteiger partial charge >= 0.3 is 0 Å². The lowest BCUT2D eigenvalue weighted by molar-refractivity contribution is -0.0561. The van der Waals surface area contributed by atoms with Gasteiger partial charge in [0.15, 0.2) is 9.84 Å². The SMILES string of the molecule is CC[C@H]1CN(C2CCC(F)(F)CC2)Cc2cc(C(=O)NC(CO)c3ccc(S(=O)(=O)CC)cc3)ccc21. The van der Waals surface area contributed by atoms with Crippen LogP contribution in [0.2, 0.25) is 0 Å². The van der Waals surface area contributed by atoms with E-state index in [1.807, 2.05) is 12.1 Å². The Morgan fingerprint density at radius 2 is 1.81 bits per heavy atom. The zero-order chi connectivity index (χ0) is 26.8. The Labute approximate surface area is 218 Å². The summed E-state index contributed by atoms with van der Waals surface area (Å²) in [5, 5.41) is 12.8. The molecule has 1 unspecified atom stereocenters. The number of amides is 1. The minimum Gasteiger partial charge on any atom is -0.394 e. The van der Waals surface area contributed by atoms with Crippen LogP contribution >= 0.6 is 0 Å². The van der Waals surface area contributed by atoms with Crippen molar-refractivity contribution in [1.82, 2.24) is 10.2 Å². The first kappa shape index (κ1) is 27.7. The van der Waals surface area contributed by atoms with Gasteiger partial charge in [-0.15, -0.1) is 0 Å². The van der Waals surface area contributed by atoms with Crippen molar-refractivity contribution in [2.45, 2.75) is 81.3 Å². The van der Waals surface area contributed by atoms with Crippen molar-refractivity contribution in [3.8, 4) is 0 Å². The number of carbonyl (C=O) groups is 1. The summed E-state index contributed by atoms with van der Waals surface area (Å²) < 4.78 is 51.6. The molecular weight excluding hydrogens is 498 g/mol. The molecule has 1 aliphatic heterocycles. The minimum atomic E-state index is -3.34. The largest absolute Gasteiger partial charge is 0.394 e. The molecule has 1 saturated carbocycles. The molecule has 202 valence electrons. The molecule has 0 bridgehead atoms. The van der Waals surface area contributed by atoms with Crippen molar-refractivity contribution in [2.24, 2.45) is 0 Å². The molecule has 0 spiro atoms. The predicted octanol–water partition coefficient (Wildman–Crippen LogP) is 4.83. The highest BCUT2D eigenvalue weighted by Crippen LogP contribution is 2.39. The van der Waals surface area contributed by atoms with Crippen LogP contribution in [-0.2, 0) is 16.4 Å². The van der Waals surface area contributed by atoms with Crippen LogP contribution in [0.1, 0.15) is 85.0 Å². The second kappa shape index (κ2) is 11.2. The highest BCUT2D eigenvalue weighted by molar-refractivity contribution is 7.91. The Kier molecular flexibility index (Phi) is 8.35. The summed E-state index contributed by atoms with van der Waals surface area (Å²) in [4.78, 5) is 15.6. The van der Waals surface area contributed by atoms with Crippen LogP contribution in [0.3, 0.4) is 0 Å². The van der Waals surface area contributed by atoms with E-state index >= 15 is 0 Å². The van der Waals surface area contributed by atoms with E-state index in [1.165, 1.54) is 17.7 Å². The summed E-state index contributed by atoms with van der Waals surface area (Å²) in [6, 6.07) is 11.3. The van der Waals surface area contributed by atoms with Gasteiger partial charge in [-0.1, -0.05) is 32.0 Å². The molecule has 1 aliphatic carbocycles. The smallest absolute Gasteiger partial charge is 0.251 e. The Morgan fingerprint density at radius 1 is 1.14 bits per heavy atom. The zero-order valence-corrected chi connectivity index (χ0v) is 22.2. The number of sulfone groups is 1. The van der Waals surface area contributed by atoms with E-state index in [9.17, 15) is 27.1 Å². The molecule has 0 aromatic heterocycles. The number of alkyl halides is 2. The topological polar surface area (TPSA) is 86.7 Å². The third-order valence-electron chi connectivity index (χ3n) is 7.88. The predicted molar refractivity (Wildman–Crippen MR) is 139 cm³/mol. The molecule has 0 radical (unpaired) electrons. The molecule has 2 atom stereocenters. The van der Waals surface area contributed by atoms with Crippen molar-refractivity contribution in [1.29, 1.82) is 0 Å². The molecule has 2 aliphatic rings. The van der Waals surface area contributed by atoms with Crippen molar-refractivity contribution in [2.75, 3.05) is 18.9 Å². The van der Waals surface area contributed by atoms with Crippen molar-refractivity contribution >= 4 is 15.7 Å². The van der Waals surface area contributed by atoms with Gasteiger partial charge < -0.3 is 10.4 Å². The molecule has 9 heteroatoms. The maximum Gasteiger partial charge on any atom is 0.251 e. The number of benzene rings is 2. The van der Waals surface area contributed by atoms with Gasteiger partial charge in [0.1, 0.15) is 0 Å². The van der Waals surface area contributed by atoms with Gasteiger partial charge in [0.2, 0.25) is 5.92 Å². The average Bonchev–Trinajstić information content (AvgIpc) is 2.90. The van der Waals surface area contributed by atoms with Crippen LogP contribution in [0.5, 0.6) is 0 Å². The highest BCUT2D eigenvalue weighted by Gasteiger charge is 2.38. The molecule has 4 rings (SSSR count). The summed E-state index contributed by atoms with van der Waals surface area (Å²) >= 11 is 0. The number of nitrogens with zero attached hydrogens (tertiary/aromatic N) is 1. The summed E-state index contributed by atoms with van der Waals surface area (Å²) in [5.74, 6) is -2.62. The summed E-state index contributed by atoms with van der Waals surface area (Å²) in [6.07, 6.45) is 1.74. The van der Waals surface area contributed by atoms with Gasteiger partial charge in [-0.2, -0.15) is 0 Å². The fraction of sp³-hybridized carbons (Fsp3) is 0.536. The lowest BCUT2D eigenvalue weighted by atomic mass is 9.83. The molecule has 2 aromatic carbocycles. The van der Waals surface area contributed by atoms with E-state index < -0.39 is 21.8 Å². The van der Waals surface area contributed by atoms with Crippen LogP contribution in [0.4, 0.5) is 8.78 Å². The Morgan fingerprint density at radius 3 is 2.41 bits per heavy atom. The monoisotopic (exact) mass is 534 g/mol. The summed E-state index contributed by atoms with van der Waals surface area (Å²) in [5.41, 5.74) is 3.31. The number of hydrogen-bond acceptors (Lipinski definition) is 5. The van der Waals surface area contributed by atoms with E-state index in [-0.39, 0.29) is 48.0 Å². The van der Waals surface area contributed by atoms with Crippen LogP contribution in [0, 0.1) is 0 Å². The Bertz CT molecular complexity index is 1210. The number of fused-ring (bicyclic) bond motifs is 1. The second-order valence-electron chi connectivity index (χ2n) is 10.2. The molecular formula is C28H36F2N2O4S. The summed E-state index contributed by atoms with van der Waals surface area (Å²) in [6.45, 7) is 4.82.